The zero-order valence-electron chi connectivity index (χ0n) is 13.7. The van der Waals surface area contributed by atoms with Crippen molar-refractivity contribution in [1.82, 2.24) is 19.7 Å². The van der Waals surface area contributed by atoms with Gasteiger partial charge in [-0.1, -0.05) is 17.3 Å². The third kappa shape index (κ3) is 3.63. The molecule has 2 aromatic heterocycles. The molecule has 2 N–H and O–H groups in total. The molecule has 3 rings (SSSR count). The van der Waals surface area contributed by atoms with E-state index in [1.165, 1.54) is 6.92 Å². The molecule has 0 radical (unpaired) electrons. The molecule has 1 atom stereocenters. The molecule has 0 amide bonds. The molecule has 1 unspecified atom stereocenters. The molecule has 0 aliphatic carbocycles. The van der Waals surface area contributed by atoms with Crippen molar-refractivity contribution in [2.45, 2.75) is 24.8 Å². The van der Waals surface area contributed by atoms with Crippen LogP contribution in [0.5, 0.6) is 0 Å². The highest BCUT2D eigenvalue weighted by atomic mass is 32.2. The van der Waals surface area contributed by atoms with E-state index in [1.807, 2.05) is 12.3 Å². The number of aliphatic hydroxyl groups excluding tert-OH is 1. The second-order valence-corrected chi connectivity index (χ2v) is 7.27. The average Bonchev–Trinajstić information content (AvgIpc) is 3.23. The number of sulfonamides is 1. The number of aryl methyl sites for hydroxylation is 2. The number of hydrogen-bond donors (Lipinski definition) is 2. The van der Waals surface area contributed by atoms with Crippen molar-refractivity contribution in [3.05, 3.63) is 59.7 Å². The molecule has 0 spiro atoms. The molecule has 1 aromatic carbocycles. The first-order valence-corrected chi connectivity index (χ1v) is 9.07. The lowest BCUT2D eigenvalue weighted by molar-refractivity contribution is 0.182. The average molecular weight is 362 g/mol. The Morgan fingerprint density at radius 3 is 2.56 bits per heavy atom. The van der Waals surface area contributed by atoms with Gasteiger partial charge in [0.2, 0.25) is 10.0 Å². The highest BCUT2D eigenvalue weighted by molar-refractivity contribution is 7.89. The standard InChI is InChI=1S/C16H18N4O4S/c1-11-16(12(2)24-19-11)25(22,23)18-10-15(21)13-4-6-14(7-5-13)20-9-3-8-17-20/h3-9,15,18,21H,10H2,1-2H3. The van der Waals surface area contributed by atoms with E-state index in [0.29, 0.717) is 5.56 Å². The lowest BCUT2D eigenvalue weighted by atomic mass is 10.1. The van der Waals surface area contributed by atoms with Gasteiger partial charge in [-0.25, -0.2) is 17.8 Å². The van der Waals surface area contributed by atoms with Gasteiger partial charge in [0.05, 0.1) is 11.8 Å². The third-order valence-corrected chi connectivity index (χ3v) is 5.42. The van der Waals surface area contributed by atoms with E-state index in [-0.39, 0.29) is 22.9 Å². The molecule has 9 heteroatoms. The quantitative estimate of drug-likeness (QED) is 0.687. The zero-order chi connectivity index (χ0) is 18.0. The van der Waals surface area contributed by atoms with E-state index in [2.05, 4.69) is 15.0 Å². The number of hydrogen-bond acceptors (Lipinski definition) is 6. The van der Waals surface area contributed by atoms with E-state index in [4.69, 9.17) is 4.52 Å². The number of nitrogens with one attached hydrogen (secondary N) is 1. The molecule has 132 valence electrons. The van der Waals surface area contributed by atoms with Gasteiger partial charge in [-0.2, -0.15) is 5.10 Å². The van der Waals surface area contributed by atoms with Gasteiger partial charge in [0.15, 0.2) is 5.76 Å². The molecule has 2 heterocycles. The van der Waals surface area contributed by atoms with E-state index in [0.717, 1.165) is 5.69 Å². The molecule has 25 heavy (non-hydrogen) atoms. The highest BCUT2D eigenvalue weighted by Gasteiger charge is 2.24. The Hall–Kier alpha value is -2.49. The van der Waals surface area contributed by atoms with Gasteiger partial charge < -0.3 is 9.63 Å². The van der Waals surface area contributed by atoms with Crippen LogP contribution in [-0.4, -0.2) is 35.0 Å². The first kappa shape index (κ1) is 17.3. The Balaban J connectivity index is 1.69. The second-order valence-electron chi connectivity index (χ2n) is 5.56. The summed E-state index contributed by atoms with van der Waals surface area (Å²) in [5.41, 5.74) is 1.72. The maximum absolute atomic E-state index is 12.3. The highest BCUT2D eigenvalue weighted by Crippen LogP contribution is 2.20. The van der Waals surface area contributed by atoms with Crippen molar-refractivity contribution in [2.24, 2.45) is 0 Å². The van der Waals surface area contributed by atoms with Crippen LogP contribution in [0.15, 0.2) is 52.1 Å². The van der Waals surface area contributed by atoms with Crippen molar-refractivity contribution in [3.8, 4) is 5.69 Å². The maximum atomic E-state index is 12.3. The smallest absolute Gasteiger partial charge is 0.246 e. The largest absolute Gasteiger partial charge is 0.387 e. The molecular formula is C16H18N4O4S. The lowest BCUT2D eigenvalue weighted by Gasteiger charge is -2.13. The zero-order valence-corrected chi connectivity index (χ0v) is 14.6. The SMILES string of the molecule is Cc1noc(C)c1S(=O)(=O)NCC(O)c1ccc(-n2cccn2)cc1. The number of aliphatic hydroxyl groups is 1. The van der Waals surface area contributed by atoms with E-state index in [9.17, 15) is 13.5 Å². The first-order valence-electron chi connectivity index (χ1n) is 7.59. The van der Waals surface area contributed by atoms with Crippen LogP contribution >= 0.6 is 0 Å². The van der Waals surface area contributed by atoms with Gasteiger partial charge in [0, 0.05) is 18.9 Å². The van der Waals surface area contributed by atoms with Gasteiger partial charge in [-0.05, 0) is 37.6 Å². The molecule has 0 saturated carbocycles. The molecular weight excluding hydrogens is 344 g/mol. The summed E-state index contributed by atoms with van der Waals surface area (Å²) < 4.78 is 33.7. The van der Waals surface area contributed by atoms with Crippen LogP contribution in [0.3, 0.4) is 0 Å². The number of aromatic nitrogens is 3. The van der Waals surface area contributed by atoms with Crippen molar-refractivity contribution in [1.29, 1.82) is 0 Å². The Morgan fingerprint density at radius 1 is 1.28 bits per heavy atom. The molecule has 0 aliphatic heterocycles. The molecule has 3 aromatic rings. The summed E-state index contributed by atoms with van der Waals surface area (Å²) in [7, 11) is -3.81. The first-order chi connectivity index (χ1) is 11.9. The second kappa shape index (κ2) is 6.79. The number of benzene rings is 1. The van der Waals surface area contributed by atoms with Crippen LogP contribution in [0.25, 0.3) is 5.69 Å². The van der Waals surface area contributed by atoms with Crippen LogP contribution in [0.1, 0.15) is 23.1 Å². The Kier molecular flexibility index (Phi) is 4.71. The lowest BCUT2D eigenvalue weighted by Crippen LogP contribution is -2.29. The van der Waals surface area contributed by atoms with Crippen molar-refractivity contribution >= 4 is 10.0 Å². The summed E-state index contributed by atoms with van der Waals surface area (Å²) in [5.74, 6) is 0.211. The van der Waals surface area contributed by atoms with E-state index < -0.39 is 16.1 Å². The fourth-order valence-electron chi connectivity index (χ4n) is 2.51. The summed E-state index contributed by atoms with van der Waals surface area (Å²) in [4.78, 5) is 0.00808. The summed E-state index contributed by atoms with van der Waals surface area (Å²) in [5, 5.41) is 18.0. The van der Waals surface area contributed by atoms with Gasteiger partial charge in [-0.3, -0.25) is 0 Å². The predicted molar refractivity (Wildman–Crippen MR) is 89.7 cm³/mol. The van der Waals surface area contributed by atoms with Gasteiger partial charge in [0.25, 0.3) is 0 Å². The molecule has 8 nitrogen and oxygen atoms in total. The van der Waals surface area contributed by atoms with Crippen LogP contribution in [0, 0.1) is 13.8 Å². The maximum Gasteiger partial charge on any atom is 0.246 e. The Labute approximate surface area is 145 Å². The molecule has 0 saturated heterocycles. The minimum atomic E-state index is -3.81. The third-order valence-electron chi connectivity index (χ3n) is 3.75. The normalized spacial score (nSPS) is 13.1. The van der Waals surface area contributed by atoms with Gasteiger partial charge in [0.1, 0.15) is 10.6 Å². The van der Waals surface area contributed by atoms with Crippen molar-refractivity contribution in [2.75, 3.05) is 6.54 Å². The van der Waals surface area contributed by atoms with Crippen LogP contribution in [0.2, 0.25) is 0 Å². The predicted octanol–water partition coefficient (Wildman–Crippen LogP) is 1.49. The summed E-state index contributed by atoms with van der Waals surface area (Å²) >= 11 is 0. The molecule has 0 aliphatic rings. The van der Waals surface area contributed by atoms with Crippen LogP contribution < -0.4 is 4.72 Å². The van der Waals surface area contributed by atoms with Gasteiger partial charge >= 0.3 is 0 Å². The summed E-state index contributed by atoms with van der Waals surface area (Å²) in [6, 6.07) is 8.87. The Morgan fingerprint density at radius 2 is 2.00 bits per heavy atom. The fourth-order valence-corrected chi connectivity index (χ4v) is 3.87. The van der Waals surface area contributed by atoms with E-state index >= 15 is 0 Å². The van der Waals surface area contributed by atoms with Crippen LogP contribution in [-0.2, 0) is 10.0 Å². The minimum absolute atomic E-state index is 0.00808. The van der Waals surface area contributed by atoms with Gasteiger partial charge in [-0.15, -0.1) is 0 Å². The van der Waals surface area contributed by atoms with E-state index in [1.54, 1.807) is 42.1 Å². The van der Waals surface area contributed by atoms with Crippen molar-refractivity contribution < 1.29 is 18.0 Å². The number of nitrogens with zero attached hydrogens (tertiary/aromatic N) is 3. The van der Waals surface area contributed by atoms with Crippen LogP contribution in [0.4, 0.5) is 0 Å². The fraction of sp³-hybridized carbons (Fsp3) is 0.250. The monoisotopic (exact) mass is 362 g/mol. The summed E-state index contributed by atoms with van der Waals surface area (Å²) in [6.45, 7) is 2.92. The summed E-state index contributed by atoms with van der Waals surface area (Å²) in [6.07, 6.45) is 2.50. The number of rotatable bonds is 6. The topological polar surface area (TPSA) is 110 Å². The molecule has 0 fully saturated rings. The molecule has 0 bridgehead atoms. The minimum Gasteiger partial charge on any atom is -0.387 e. The Bertz CT molecular complexity index is 927. The van der Waals surface area contributed by atoms with Crippen molar-refractivity contribution in [3.63, 3.8) is 0 Å².